The average Bonchev–Trinajstić information content (AvgIpc) is 3.33. The highest BCUT2D eigenvalue weighted by Gasteiger charge is 2.09. The van der Waals surface area contributed by atoms with Crippen molar-refractivity contribution in [2.24, 2.45) is 4.99 Å². The minimum atomic E-state index is 0. The second-order valence-corrected chi connectivity index (χ2v) is 7.53. The Kier molecular flexibility index (Phi) is 9.45. The summed E-state index contributed by atoms with van der Waals surface area (Å²) in [5, 5.41) is 6.56. The lowest BCUT2D eigenvalue weighted by Crippen LogP contribution is -2.36. The molecule has 0 unspecified atom stereocenters. The third kappa shape index (κ3) is 7.05. The first kappa shape index (κ1) is 25.2. The maximum atomic E-state index is 5.94. The van der Waals surface area contributed by atoms with Crippen molar-refractivity contribution in [1.29, 1.82) is 0 Å². The van der Waals surface area contributed by atoms with E-state index >= 15 is 0 Å². The van der Waals surface area contributed by atoms with E-state index in [1.165, 1.54) is 5.56 Å². The van der Waals surface area contributed by atoms with E-state index in [4.69, 9.17) is 9.15 Å². The number of ether oxygens (including phenoxy) is 1. The summed E-state index contributed by atoms with van der Waals surface area (Å²) in [6.45, 7) is 3.52. The third-order valence-corrected chi connectivity index (χ3v) is 5.03. The number of pyridine rings is 1. The van der Waals surface area contributed by atoms with Crippen LogP contribution in [0.4, 0.5) is 0 Å². The summed E-state index contributed by atoms with van der Waals surface area (Å²) in [4.78, 5) is 13.2. The molecule has 2 aromatic heterocycles. The SMILES string of the molecule is CN=C(NCc1coc(-c2ccc(C)cc2)n1)NCc1cccnc1OCc1ccccc1.I. The fourth-order valence-corrected chi connectivity index (χ4v) is 3.21. The molecule has 0 fully saturated rings. The largest absolute Gasteiger partial charge is 0.473 e. The molecule has 8 heteroatoms. The van der Waals surface area contributed by atoms with Crippen molar-refractivity contribution in [3.8, 4) is 17.3 Å². The Hall–Kier alpha value is -3.40. The lowest BCUT2D eigenvalue weighted by atomic mass is 10.1. The van der Waals surface area contributed by atoms with Crippen LogP contribution >= 0.6 is 24.0 Å². The van der Waals surface area contributed by atoms with Crippen LogP contribution in [-0.4, -0.2) is 23.0 Å². The van der Waals surface area contributed by atoms with Crippen LogP contribution in [0.25, 0.3) is 11.5 Å². The number of oxazole rings is 1. The van der Waals surface area contributed by atoms with Gasteiger partial charge >= 0.3 is 0 Å². The first-order valence-corrected chi connectivity index (χ1v) is 10.8. The summed E-state index contributed by atoms with van der Waals surface area (Å²) in [6, 6.07) is 22.0. The highest BCUT2D eigenvalue weighted by Crippen LogP contribution is 2.19. The minimum Gasteiger partial charge on any atom is -0.473 e. The highest BCUT2D eigenvalue weighted by molar-refractivity contribution is 14.0. The normalized spacial score (nSPS) is 10.9. The molecule has 0 spiro atoms. The molecule has 0 bridgehead atoms. The Morgan fingerprint density at radius 1 is 0.971 bits per heavy atom. The van der Waals surface area contributed by atoms with Gasteiger partial charge in [-0.2, -0.15) is 0 Å². The molecule has 0 saturated heterocycles. The predicted molar refractivity (Wildman–Crippen MR) is 144 cm³/mol. The second-order valence-electron chi connectivity index (χ2n) is 7.53. The molecule has 0 radical (unpaired) electrons. The van der Waals surface area contributed by atoms with E-state index in [1.807, 2.05) is 66.7 Å². The molecule has 176 valence electrons. The van der Waals surface area contributed by atoms with E-state index in [-0.39, 0.29) is 24.0 Å². The zero-order chi connectivity index (χ0) is 22.9. The Balaban J connectivity index is 0.00000324. The van der Waals surface area contributed by atoms with Gasteiger partial charge in [0.1, 0.15) is 12.9 Å². The maximum absolute atomic E-state index is 5.94. The van der Waals surface area contributed by atoms with Gasteiger partial charge in [-0.25, -0.2) is 9.97 Å². The quantitative estimate of drug-likeness (QED) is 0.174. The van der Waals surface area contributed by atoms with E-state index in [9.17, 15) is 0 Å². The van der Waals surface area contributed by atoms with Gasteiger partial charge < -0.3 is 19.8 Å². The van der Waals surface area contributed by atoms with Crippen molar-refractivity contribution in [1.82, 2.24) is 20.6 Å². The molecular weight excluding hydrogens is 541 g/mol. The number of rotatable bonds is 8. The smallest absolute Gasteiger partial charge is 0.226 e. The molecule has 2 heterocycles. The second kappa shape index (κ2) is 12.7. The Labute approximate surface area is 216 Å². The van der Waals surface area contributed by atoms with E-state index in [0.29, 0.717) is 37.4 Å². The van der Waals surface area contributed by atoms with Crippen LogP contribution in [0.15, 0.2) is 88.6 Å². The molecule has 34 heavy (non-hydrogen) atoms. The Morgan fingerprint density at radius 2 is 1.74 bits per heavy atom. The van der Waals surface area contributed by atoms with Gasteiger partial charge in [-0.15, -0.1) is 24.0 Å². The van der Waals surface area contributed by atoms with E-state index in [2.05, 4.69) is 32.5 Å². The fourth-order valence-electron chi connectivity index (χ4n) is 3.21. The van der Waals surface area contributed by atoms with Gasteiger partial charge in [-0.1, -0.05) is 54.1 Å². The number of nitrogens with zero attached hydrogens (tertiary/aromatic N) is 3. The highest BCUT2D eigenvalue weighted by atomic mass is 127. The van der Waals surface area contributed by atoms with E-state index in [1.54, 1.807) is 19.5 Å². The van der Waals surface area contributed by atoms with Crippen LogP contribution in [0, 0.1) is 6.92 Å². The van der Waals surface area contributed by atoms with Crippen LogP contribution in [0.2, 0.25) is 0 Å². The molecule has 0 saturated carbocycles. The number of aryl methyl sites for hydroxylation is 1. The Morgan fingerprint density at radius 3 is 2.50 bits per heavy atom. The van der Waals surface area contributed by atoms with Crippen molar-refractivity contribution < 1.29 is 9.15 Å². The van der Waals surface area contributed by atoms with Gasteiger partial charge in [-0.3, -0.25) is 4.99 Å². The number of hydrogen-bond donors (Lipinski definition) is 2. The average molecular weight is 569 g/mol. The number of guanidine groups is 1. The van der Waals surface area contributed by atoms with Crippen LogP contribution < -0.4 is 15.4 Å². The van der Waals surface area contributed by atoms with Crippen molar-refractivity contribution in [3.05, 3.63) is 102 Å². The number of nitrogens with one attached hydrogen (secondary N) is 2. The molecule has 2 aromatic carbocycles. The summed E-state index contributed by atoms with van der Waals surface area (Å²) in [6.07, 6.45) is 3.39. The van der Waals surface area contributed by atoms with Gasteiger partial charge in [0, 0.05) is 30.9 Å². The molecule has 0 aliphatic heterocycles. The van der Waals surface area contributed by atoms with Gasteiger partial charge in [-0.05, 0) is 30.7 Å². The van der Waals surface area contributed by atoms with Crippen LogP contribution in [0.5, 0.6) is 5.88 Å². The van der Waals surface area contributed by atoms with Gasteiger partial charge in [0.25, 0.3) is 0 Å². The molecule has 0 aliphatic carbocycles. The summed E-state index contributed by atoms with van der Waals surface area (Å²) >= 11 is 0. The number of benzene rings is 2. The molecule has 0 aliphatic rings. The molecule has 0 atom stereocenters. The molecule has 4 aromatic rings. The third-order valence-electron chi connectivity index (χ3n) is 5.03. The topological polar surface area (TPSA) is 84.6 Å². The zero-order valence-electron chi connectivity index (χ0n) is 19.2. The van der Waals surface area contributed by atoms with Crippen molar-refractivity contribution in [3.63, 3.8) is 0 Å². The number of halogens is 1. The summed E-state index contributed by atoms with van der Waals surface area (Å²) in [5.41, 5.74) is 4.98. The van der Waals surface area contributed by atoms with Crippen molar-refractivity contribution in [2.45, 2.75) is 26.6 Å². The monoisotopic (exact) mass is 569 g/mol. The van der Waals surface area contributed by atoms with Gasteiger partial charge in [0.05, 0.1) is 12.2 Å². The van der Waals surface area contributed by atoms with Gasteiger partial charge in [0.2, 0.25) is 11.8 Å². The summed E-state index contributed by atoms with van der Waals surface area (Å²) in [7, 11) is 1.73. The van der Waals surface area contributed by atoms with Crippen LogP contribution in [0.1, 0.15) is 22.4 Å². The van der Waals surface area contributed by atoms with Crippen LogP contribution in [-0.2, 0) is 19.7 Å². The number of aromatic nitrogens is 2. The Bertz CT molecular complexity index is 1190. The first-order valence-electron chi connectivity index (χ1n) is 10.8. The fraction of sp³-hybridized carbons (Fsp3) is 0.192. The molecule has 2 N–H and O–H groups in total. The lowest BCUT2D eigenvalue weighted by molar-refractivity contribution is 0.290. The van der Waals surface area contributed by atoms with Gasteiger partial charge in [0.15, 0.2) is 5.96 Å². The molecule has 0 amide bonds. The first-order chi connectivity index (χ1) is 16.2. The molecule has 7 nitrogen and oxygen atoms in total. The van der Waals surface area contributed by atoms with Crippen molar-refractivity contribution >= 4 is 29.9 Å². The molecule has 4 rings (SSSR count). The lowest BCUT2D eigenvalue weighted by Gasteiger charge is -2.13. The summed E-state index contributed by atoms with van der Waals surface area (Å²) in [5.74, 6) is 1.85. The number of aliphatic imine (C=N–C) groups is 1. The number of hydrogen-bond acceptors (Lipinski definition) is 5. The zero-order valence-corrected chi connectivity index (χ0v) is 21.5. The maximum Gasteiger partial charge on any atom is 0.226 e. The van der Waals surface area contributed by atoms with Crippen molar-refractivity contribution in [2.75, 3.05) is 7.05 Å². The summed E-state index contributed by atoms with van der Waals surface area (Å²) < 4.78 is 11.6. The van der Waals surface area contributed by atoms with Crippen LogP contribution in [0.3, 0.4) is 0 Å². The minimum absolute atomic E-state index is 0. The van der Waals surface area contributed by atoms with E-state index in [0.717, 1.165) is 22.4 Å². The molecular formula is C26H28IN5O2. The predicted octanol–water partition coefficient (Wildman–Crippen LogP) is 5.11. The standard InChI is InChI=1S/C26H27N5O2.HI/c1-19-10-12-21(13-11-19)25-31-23(18-33-25)16-30-26(27-2)29-15-22-9-6-14-28-24(22)32-17-20-7-4-3-5-8-20;/h3-14,18H,15-17H2,1-2H3,(H2,27,29,30);1H. The van der Waals surface area contributed by atoms with E-state index < -0.39 is 0 Å².